The molecule has 0 amide bonds. The Balaban J connectivity index is -0.000000125. The first-order valence-electron chi connectivity index (χ1n) is 3.35. The highest BCUT2D eigenvalue weighted by atomic mass is 16.4. The molecule has 0 aliphatic rings. The predicted octanol–water partition coefficient (Wildman–Crippen LogP) is -1.94. The summed E-state index contributed by atoms with van der Waals surface area (Å²) in [7, 11) is 0. The first-order valence-corrected chi connectivity index (χ1v) is 3.35. The molecule has 0 aromatic rings. The summed E-state index contributed by atoms with van der Waals surface area (Å²) in [6.45, 7) is 1.64. The Morgan fingerprint density at radius 2 is 1.77 bits per heavy atom. The zero-order chi connectivity index (χ0) is 11.3. The van der Waals surface area contributed by atoms with Crippen LogP contribution in [0.2, 0.25) is 0 Å². The standard InChI is InChI=1S/C3H7NO2.C2H7NO.CH2O2/c1-2(4)3(5)6;3-1-2-4;2-1-3/h2H,4H2,1H3,(H,5,6);4H,1-3H2;1H,(H,2,3)/t2-;;/m0../s1. The minimum absolute atomic E-state index is 0.0972. The molecule has 0 aromatic carbocycles. The van der Waals surface area contributed by atoms with Crippen LogP contribution in [0.1, 0.15) is 6.92 Å². The van der Waals surface area contributed by atoms with Gasteiger partial charge in [-0.05, 0) is 6.92 Å². The summed E-state index contributed by atoms with van der Waals surface area (Å²) in [5, 5.41) is 22.5. The van der Waals surface area contributed by atoms with Gasteiger partial charge in [0, 0.05) is 6.54 Å². The van der Waals surface area contributed by atoms with Gasteiger partial charge in [0.25, 0.3) is 6.47 Å². The molecule has 1 atom stereocenters. The van der Waals surface area contributed by atoms with E-state index in [1.165, 1.54) is 6.92 Å². The Bertz CT molecular complexity index is 116. The summed E-state index contributed by atoms with van der Waals surface area (Å²) < 4.78 is 0. The normalized spacial score (nSPS) is 9.54. The molecule has 13 heavy (non-hydrogen) atoms. The lowest BCUT2D eigenvalue weighted by Gasteiger charge is -1.90. The molecule has 0 aromatic heterocycles. The maximum atomic E-state index is 9.57. The zero-order valence-electron chi connectivity index (χ0n) is 7.38. The van der Waals surface area contributed by atoms with Gasteiger partial charge < -0.3 is 26.8 Å². The largest absolute Gasteiger partial charge is 0.483 e. The van der Waals surface area contributed by atoms with Gasteiger partial charge in [-0.2, -0.15) is 0 Å². The summed E-state index contributed by atoms with van der Waals surface area (Å²) in [5.41, 5.74) is 9.61. The van der Waals surface area contributed by atoms with Crippen molar-refractivity contribution >= 4 is 12.4 Å². The minimum atomic E-state index is -0.963. The second-order valence-corrected chi connectivity index (χ2v) is 1.74. The number of rotatable bonds is 2. The van der Waals surface area contributed by atoms with Crippen LogP contribution in [0.3, 0.4) is 0 Å². The van der Waals surface area contributed by atoms with Crippen molar-refractivity contribution in [2.75, 3.05) is 13.2 Å². The van der Waals surface area contributed by atoms with Gasteiger partial charge in [0.2, 0.25) is 0 Å². The Labute approximate surface area is 76.0 Å². The molecule has 0 unspecified atom stereocenters. The van der Waals surface area contributed by atoms with Crippen molar-refractivity contribution in [3.63, 3.8) is 0 Å². The summed E-state index contributed by atoms with van der Waals surface area (Å²) >= 11 is 0. The smallest absolute Gasteiger partial charge is 0.320 e. The minimum Gasteiger partial charge on any atom is -0.483 e. The van der Waals surface area contributed by atoms with Gasteiger partial charge in [-0.3, -0.25) is 9.59 Å². The first-order chi connectivity index (χ1) is 5.97. The number of aliphatic hydroxyl groups is 1. The zero-order valence-corrected chi connectivity index (χ0v) is 7.38. The van der Waals surface area contributed by atoms with Crippen LogP contribution in [0, 0.1) is 0 Å². The van der Waals surface area contributed by atoms with Crippen LogP contribution in [0.4, 0.5) is 0 Å². The predicted molar refractivity (Wildman–Crippen MR) is 46.1 cm³/mol. The molecular weight excluding hydrogens is 180 g/mol. The molecule has 0 rings (SSSR count). The number of carboxylic acid groups (broad SMARTS) is 2. The summed E-state index contributed by atoms with van der Waals surface area (Å²) in [4.78, 5) is 17.9. The molecule has 7 N–H and O–H groups in total. The highest BCUT2D eigenvalue weighted by Crippen LogP contribution is 1.68. The van der Waals surface area contributed by atoms with Crippen molar-refractivity contribution in [3.05, 3.63) is 0 Å². The molecule has 0 fully saturated rings. The van der Waals surface area contributed by atoms with E-state index in [4.69, 9.17) is 31.6 Å². The van der Waals surface area contributed by atoms with Crippen molar-refractivity contribution in [1.82, 2.24) is 0 Å². The maximum Gasteiger partial charge on any atom is 0.320 e. The quantitative estimate of drug-likeness (QED) is 0.322. The third kappa shape index (κ3) is 57.7. The van der Waals surface area contributed by atoms with Gasteiger partial charge in [0.1, 0.15) is 6.04 Å². The number of carboxylic acids is 1. The van der Waals surface area contributed by atoms with Crippen LogP contribution < -0.4 is 11.5 Å². The van der Waals surface area contributed by atoms with Crippen LogP contribution in [0.15, 0.2) is 0 Å². The first kappa shape index (κ1) is 17.8. The fraction of sp³-hybridized carbons (Fsp3) is 0.667. The molecule has 0 bridgehead atoms. The van der Waals surface area contributed by atoms with E-state index in [2.05, 4.69) is 0 Å². The average molecular weight is 196 g/mol. The molecule has 7 heteroatoms. The number of aliphatic carboxylic acids is 1. The van der Waals surface area contributed by atoms with Crippen LogP contribution in [0.5, 0.6) is 0 Å². The number of nitrogens with two attached hydrogens (primary N) is 2. The molecular formula is C6H16N2O5. The second kappa shape index (κ2) is 17.1. The van der Waals surface area contributed by atoms with E-state index in [1.807, 2.05) is 0 Å². The lowest BCUT2D eigenvalue weighted by atomic mass is 10.4. The Morgan fingerprint density at radius 1 is 1.62 bits per heavy atom. The highest BCUT2D eigenvalue weighted by Gasteiger charge is 1.99. The van der Waals surface area contributed by atoms with E-state index in [0.717, 1.165) is 0 Å². The van der Waals surface area contributed by atoms with Crippen LogP contribution in [-0.4, -0.2) is 47.0 Å². The molecule has 0 aliphatic carbocycles. The van der Waals surface area contributed by atoms with E-state index in [0.29, 0.717) is 6.54 Å². The molecule has 0 aliphatic heterocycles. The Hall–Kier alpha value is -1.18. The van der Waals surface area contributed by atoms with Crippen molar-refractivity contribution in [2.24, 2.45) is 11.5 Å². The molecule has 0 spiro atoms. The van der Waals surface area contributed by atoms with Crippen molar-refractivity contribution in [1.29, 1.82) is 0 Å². The van der Waals surface area contributed by atoms with Crippen LogP contribution >= 0.6 is 0 Å². The molecule has 80 valence electrons. The van der Waals surface area contributed by atoms with Gasteiger partial charge in [-0.1, -0.05) is 0 Å². The van der Waals surface area contributed by atoms with E-state index in [9.17, 15) is 4.79 Å². The topological polar surface area (TPSA) is 147 Å². The monoisotopic (exact) mass is 196 g/mol. The summed E-state index contributed by atoms with van der Waals surface area (Å²) in [5.74, 6) is -0.963. The molecule has 0 heterocycles. The van der Waals surface area contributed by atoms with E-state index in [1.54, 1.807) is 0 Å². The van der Waals surface area contributed by atoms with Gasteiger partial charge in [-0.25, -0.2) is 0 Å². The third-order valence-electron chi connectivity index (χ3n) is 0.519. The molecule has 0 saturated carbocycles. The van der Waals surface area contributed by atoms with Crippen molar-refractivity contribution in [3.8, 4) is 0 Å². The van der Waals surface area contributed by atoms with E-state index >= 15 is 0 Å². The van der Waals surface area contributed by atoms with Gasteiger partial charge in [0.05, 0.1) is 6.61 Å². The lowest BCUT2D eigenvalue weighted by Crippen LogP contribution is -2.25. The van der Waals surface area contributed by atoms with Crippen LogP contribution in [-0.2, 0) is 9.59 Å². The molecule has 0 radical (unpaired) electrons. The highest BCUT2D eigenvalue weighted by molar-refractivity contribution is 5.72. The maximum absolute atomic E-state index is 9.57. The SMILES string of the molecule is C[C@H](N)C(=O)O.NCCO.O=CO. The van der Waals surface area contributed by atoms with E-state index < -0.39 is 12.0 Å². The Morgan fingerprint density at radius 3 is 1.77 bits per heavy atom. The fourth-order valence-corrected chi connectivity index (χ4v) is 0. The number of carbonyl (C=O) groups is 2. The molecule has 7 nitrogen and oxygen atoms in total. The summed E-state index contributed by atoms with van der Waals surface area (Å²) in [6.07, 6.45) is 0. The number of hydrogen-bond donors (Lipinski definition) is 5. The molecule has 0 saturated heterocycles. The summed E-state index contributed by atoms with van der Waals surface area (Å²) in [6, 6.07) is -0.731. The van der Waals surface area contributed by atoms with E-state index in [-0.39, 0.29) is 13.1 Å². The Kier molecular flexibility index (Phi) is 23.3. The number of aliphatic hydroxyl groups excluding tert-OH is 1. The average Bonchev–Trinajstić information content (AvgIpc) is 2.06. The lowest BCUT2D eigenvalue weighted by molar-refractivity contribution is -0.138. The van der Waals surface area contributed by atoms with Crippen molar-refractivity contribution in [2.45, 2.75) is 13.0 Å². The second-order valence-electron chi connectivity index (χ2n) is 1.74. The van der Waals surface area contributed by atoms with Gasteiger partial charge >= 0.3 is 5.97 Å². The third-order valence-corrected chi connectivity index (χ3v) is 0.519. The van der Waals surface area contributed by atoms with Crippen LogP contribution in [0.25, 0.3) is 0 Å². The van der Waals surface area contributed by atoms with Gasteiger partial charge in [0.15, 0.2) is 0 Å². The van der Waals surface area contributed by atoms with Gasteiger partial charge in [-0.15, -0.1) is 0 Å². The van der Waals surface area contributed by atoms with Crippen molar-refractivity contribution < 1.29 is 24.9 Å². The fourth-order valence-electron chi connectivity index (χ4n) is 0. The number of hydrogen-bond acceptors (Lipinski definition) is 5.